The van der Waals surface area contributed by atoms with E-state index >= 15 is 0 Å². The van der Waals surface area contributed by atoms with Gasteiger partial charge in [0, 0.05) is 37.0 Å². The monoisotopic (exact) mass is 321 g/mol. The highest BCUT2D eigenvalue weighted by molar-refractivity contribution is 5.97. The Hall–Kier alpha value is -2.63. The molecule has 122 valence electrons. The van der Waals surface area contributed by atoms with E-state index in [1.54, 1.807) is 0 Å². The minimum atomic E-state index is 0.00824. The highest BCUT2D eigenvalue weighted by atomic mass is 16.2. The van der Waals surface area contributed by atoms with Gasteiger partial charge in [0.1, 0.15) is 11.5 Å². The van der Waals surface area contributed by atoms with E-state index in [0.29, 0.717) is 6.54 Å². The number of pyridine rings is 1. The molecule has 4 heterocycles. The molecular weight excluding hydrogens is 302 g/mol. The molecule has 0 spiro atoms. The van der Waals surface area contributed by atoms with Crippen LogP contribution in [-0.2, 0) is 19.4 Å². The Labute approximate surface area is 140 Å². The van der Waals surface area contributed by atoms with Crippen molar-refractivity contribution in [2.45, 2.75) is 25.8 Å². The van der Waals surface area contributed by atoms with Crippen LogP contribution in [0.4, 0.5) is 5.82 Å². The Morgan fingerprint density at radius 2 is 2.12 bits per heavy atom. The van der Waals surface area contributed by atoms with Crippen LogP contribution in [0.2, 0.25) is 0 Å². The van der Waals surface area contributed by atoms with Gasteiger partial charge in [-0.15, -0.1) is 0 Å². The summed E-state index contributed by atoms with van der Waals surface area (Å²) < 4.78 is 1.88. The number of aryl methyl sites for hydroxylation is 1. The molecule has 6 nitrogen and oxygen atoms in total. The number of hydrogen-bond donors (Lipinski definition) is 1. The van der Waals surface area contributed by atoms with Gasteiger partial charge in [0.15, 0.2) is 0 Å². The average molecular weight is 321 g/mol. The third kappa shape index (κ3) is 1.99. The van der Waals surface area contributed by atoms with E-state index < -0.39 is 0 Å². The second kappa shape index (κ2) is 5.19. The van der Waals surface area contributed by atoms with E-state index in [9.17, 15) is 4.79 Å². The molecule has 0 radical (unpaired) electrons. The van der Waals surface area contributed by atoms with Crippen LogP contribution in [0.5, 0.6) is 0 Å². The number of anilines is 1. The van der Waals surface area contributed by atoms with Crippen LogP contribution in [0.15, 0.2) is 24.4 Å². The fourth-order valence-electron chi connectivity index (χ4n) is 3.90. The topological polar surface area (TPSA) is 63.1 Å². The normalized spacial score (nSPS) is 18.7. The van der Waals surface area contributed by atoms with E-state index in [1.807, 2.05) is 10.9 Å². The fourth-order valence-corrected chi connectivity index (χ4v) is 3.90. The molecule has 0 saturated carbocycles. The number of fused-ring (bicyclic) bond motifs is 5. The van der Waals surface area contributed by atoms with Gasteiger partial charge in [0.2, 0.25) is 0 Å². The van der Waals surface area contributed by atoms with Crippen LogP contribution in [0.25, 0.3) is 11.3 Å². The minimum Gasteiger partial charge on any atom is -0.353 e. The van der Waals surface area contributed by atoms with Crippen molar-refractivity contribution in [1.29, 1.82) is 0 Å². The Morgan fingerprint density at radius 3 is 3.00 bits per heavy atom. The van der Waals surface area contributed by atoms with Crippen LogP contribution < -0.4 is 10.2 Å². The van der Waals surface area contributed by atoms with E-state index in [1.165, 1.54) is 5.56 Å². The Balaban J connectivity index is 1.62. The predicted octanol–water partition coefficient (Wildman–Crippen LogP) is 1.55. The lowest BCUT2D eigenvalue weighted by Crippen LogP contribution is -2.36. The number of amides is 1. The van der Waals surface area contributed by atoms with Crippen molar-refractivity contribution in [3.8, 4) is 11.3 Å². The molecule has 0 unspecified atom stereocenters. The molecule has 5 rings (SSSR count). The molecule has 1 amide bonds. The first-order valence-electron chi connectivity index (χ1n) is 8.58. The van der Waals surface area contributed by atoms with Crippen LogP contribution in [0.3, 0.4) is 0 Å². The van der Waals surface area contributed by atoms with E-state index in [2.05, 4.69) is 33.4 Å². The maximum absolute atomic E-state index is 12.2. The van der Waals surface area contributed by atoms with Gasteiger partial charge < -0.3 is 10.2 Å². The molecule has 1 aliphatic carbocycles. The van der Waals surface area contributed by atoms with Crippen molar-refractivity contribution in [2.75, 3.05) is 24.5 Å². The van der Waals surface area contributed by atoms with Gasteiger partial charge in [0.05, 0.1) is 12.2 Å². The lowest BCUT2D eigenvalue weighted by Gasteiger charge is -2.26. The Bertz CT molecular complexity index is 867. The van der Waals surface area contributed by atoms with Crippen molar-refractivity contribution in [3.05, 3.63) is 41.2 Å². The highest BCUT2D eigenvalue weighted by Crippen LogP contribution is 2.36. The standard InChI is InChI=1S/C18H19N5O/c24-18-17-13-5-4-12-11-20-15(22-7-2-1-3-8-22)10-14(12)16(13)21-23(17)9-6-19-18/h1-2,10-11H,3-9H2,(H,19,24). The molecule has 1 N–H and O–H groups in total. The van der Waals surface area contributed by atoms with Crippen molar-refractivity contribution in [3.63, 3.8) is 0 Å². The van der Waals surface area contributed by atoms with Crippen molar-refractivity contribution < 1.29 is 4.79 Å². The van der Waals surface area contributed by atoms with Gasteiger partial charge in [-0.1, -0.05) is 12.2 Å². The van der Waals surface area contributed by atoms with Crippen LogP contribution in [0, 0.1) is 0 Å². The molecule has 2 aromatic heterocycles. The summed E-state index contributed by atoms with van der Waals surface area (Å²) >= 11 is 0. The summed E-state index contributed by atoms with van der Waals surface area (Å²) in [6.45, 7) is 3.30. The molecular formula is C18H19N5O. The highest BCUT2D eigenvalue weighted by Gasteiger charge is 2.30. The zero-order chi connectivity index (χ0) is 16.1. The molecule has 2 aromatic rings. The second-order valence-corrected chi connectivity index (χ2v) is 6.56. The number of hydrogen-bond acceptors (Lipinski definition) is 4. The summed E-state index contributed by atoms with van der Waals surface area (Å²) in [6, 6.07) is 2.16. The Kier molecular flexibility index (Phi) is 2.98. The third-order valence-corrected chi connectivity index (χ3v) is 5.13. The maximum Gasteiger partial charge on any atom is 0.269 e. The SMILES string of the molecule is O=C1NCCn2nc3c(c21)CCc1cnc(N2CC=CCC2)cc1-3. The van der Waals surface area contributed by atoms with Crippen molar-refractivity contribution in [1.82, 2.24) is 20.1 Å². The van der Waals surface area contributed by atoms with Gasteiger partial charge in [-0.25, -0.2) is 4.98 Å². The molecule has 0 fully saturated rings. The molecule has 0 aromatic carbocycles. The van der Waals surface area contributed by atoms with E-state index in [0.717, 1.165) is 67.2 Å². The Morgan fingerprint density at radius 1 is 1.17 bits per heavy atom. The quantitative estimate of drug-likeness (QED) is 0.810. The number of carbonyl (C=O) groups is 1. The van der Waals surface area contributed by atoms with Crippen LogP contribution in [-0.4, -0.2) is 40.3 Å². The first-order chi connectivity index (χ1) is 11.8. The summed E-state index contributed by atoms with van der Waals surface area (Å²) in [7, 11) is 0. The van der Waals surface area contributed by atoms with Crippen LogP contribution >= 0.6 is 0 Å². The zero-order valence-corrected chi connectivity index (χ0v) is 13.5. The summed E-state index contributed by atoms with van der Waals surface area (Å²) in [4.78, 5) is 19.2. The first-order valence-corrected chi connectivity index (χ1v) is 8.58. The average Bonchev–Trinajstić information content (AvgIpc) is 3.02. The van der Waals surface area contributed by atoms with Crippen molar-refractivity contribution in [2.24, 2.45) is 0 Å². The summed E-state index contributed by atoms with van der Waals surface area (Å²) in [6.07, 6.45) is 9.23. The molecule has 6 heteroatoms. The molecule has 2 aliphatic heterocycles. The number of nitrogens with one attached hydrogen (secondary N) is 1. The summed E-state index contributed by atoms with van der Waals surface area (Å²) in [5.41, 5.74) is 5.19. The molecule has 0 atom stereocenters. The van der Waals surface area contributed by atoms with Crippen LogP contribution in [0.1, 0.15) is 28.0 Å². The number of carbonyl (C=O) groups excluding carboxylic acids is 1. The zero-order valence-electron chi connectivity index (χ0n) is 13.5. The van der Waals surface area contributed by atoms with Gasteiger partial charge in [0.25, 0.3) is 5.91 Å². The predicted molar refractivity (Wildman–Crippen MR) is 91.2 cm³/mol. The van der Waals surface area contributed by atoms with E-state index in [4.69, 9.17) is 5.10 Å². The first kappa shape index (κ1) is 13.8. The van der Waals surface area contributed by atoms with E-state index in [-0.39, 0.29) is 5.91 Å². The lowest BCUT2D eigenvalue weighted by molar-refractivity contribution is 0.0923. The van der Waals surface area contributed by atoms with Gasteiger partial charge >= 0.3 is 0 Å². The summed E-state index contributed by atoms with van der Waals surface area (Å²) in [5.74, 6) is 1.01. The smallest absolute Gasteiger partial charge is 0.269 e. The largest absolute Gasteiger partial charge is 0.353 e. The summed E-state index contributed by atoms with van der Waals surface area (Å²) in [5, 5.41) is 7.70. The third-order valence-electron chi connectivity index (χ3n) is 5.13. The minimum absolute atomic E-state index is 0.00824. The molecule has 0 bridgehead atoms. The van der Waals surface area contributed by atoms with Crippen molar-refractivity contribution >= 4 is 11.7 Å². The molecule has 3 aliphatic rings. The number of rotatable bonds is 1. The number of nitrogens with zero attached hydrogens (tertiary/aromatic N) is 4. The lowest BCUT2D eigenvalue weighted by atomic mass is 9.90. The van der Waals surface area contributed by atoms with Gasteiger partial charge in [-0.05, 0) is 30.9 Å². The number of aromatic nitrogens is 3. The maximum atomic E-state index is 12.2. The molecule has 24 heavy (non-hydrogen) atoms. The second-order valence-electron chi connectivity index (χ2n) is 6.56. The molecule has 0 saturated heterocycles. The fraction of sp³-hybridized carbons (Fsp3) is 0.389. The van der Waals surface area contributed by atoms with Gasteiger partial charge in [-0.2, -0.15) is 5.10 Å². The van der Waals surface area contributed by atoms with Gasteiger partial charge in [-0.3, -0.25) is 9.48 Å².